The molecule has 0 radical (unpaired) electrons. The molecule has 1 aromatic rings. The maximum Gasteiger partial charge on any atom is 0.128 e. The lowest BCUT2D eigenvalue weighted by molar-refractivity contribution is 0.264. The number of hydrogen-bond acceptors (Lipinski definition) is 4. The molecule has 0 aliphatic carbocycles. The maximum atomic E-state index is 5.57. The van der Waals surface area contributed by atoms with Crippen LogP contribution < -0.4 is 10.6 Å². The molecule has 0 unspecified atom stereocenters. The number of aryl methyl sites for hydroxylation is 1. The molecule has 0 spiro atoms. The lowest BCUT2D eigenvalue weighted by atomic mass is 10.3. The van der Waals surface area contributed by atoms with E-state index in [4.69, 9.17) is 5.73 Å². The fourth-order valence-electron chi connectivity index (χ4n) is 2.09. The summed E-state index contributed by atoms with van der Waals surface area (Å²) >= 11 is 3.48. The molecule has 1 aliphatic heterocycles. The Hall–Kier alpha value is -0.650. The third kappa shape index (κ3) is 3.18. The van der Waals surface area contributed by atoms with Gasteiger partial charge in [0.05, 0.1) is 5.69 Å². The molecule has 1 fully saturated rings. The van der Waals surface area contributed by atoms with E-state index in [1.165, 1.54) is 0 Å². The summed E-state index contributed by atoms with van der Waals surface area (Å²) in [6, 6.07) is 4.15. The first-order valence-corrected chi connectivity index (χ1v) is 6.80. The van der Waals surface area contributed by atoms with E-state index in [2.05, 4.69) is 42.8 Å². The number of pyridine rings is 1. The molecule has 2 N–H and O–H groups in total. The van der Waals surface area contributed by atoms with Crippen LogP contribution in [0.2, 0.25) is 0 Å². The lowest BCUT2D eigenvalue weighted by Gasteiger charge is -2.35. The molecule has 2 rings (SSSR count). The Morgan fingerprint density at radius 1 is 1.29 bits per heavy atom. The average Bonchev–Trinajstić information content (AvgIpc) is 2.34. The Morgan fingerprint density at radius 2 is 2.00 bits per heavy atom. The fraction of sp³-hybridized carbons (Fsp3) is 0.583. The van der Waals surface area contributed by atoms with Gasteiger partial charge in [-0.15, -0.1) is 0 Å². The molecule has 4 nitrogen and oxygen atoms in total. The first-order valence-electron chi connectivity index (χ1n) is 6.01. The highest BCUT2D eigenvalue weighted by Crippen LogP contribution is 2.19. The van der Waals surface area contributed by atoms with Gasteiger partial charge in [-0.1, -0.05) is 0 Å². The summed E-state index contributed by atoms with van der Waals surface area (Å²) in [5.41, 5.74) is 6.62. The average molecular weight is 299 g/mol. The Morgan fingerprint density at radius 3 is 2.59 bits per heavy atom. The van der Waals surface area contributed by atoms with Gasteiger partial charge in [0, 0.05) is 43.7 Å². The Bertz CT molecular complexity index is 375. The number of anilines is 1. The third-order valence-electron chi connectivity index (χ3n) is 3.15. The number of aromatic nitrogens is 1. The van der Waals surface area contributed by atoms with E-state index >= 15 is 0 Å². The molecule has 0 aromatic carbocycles. The van der Waals surface area contributed by atoms with E-state index in [1.54, 1.807) is 0 Å². The van der Waals surface area contributed by atoms with Gasteiger partial charge < -0.3 is 10.6 Å². The zero-order valence-corrected chi connectivity index (χ0v) is 11.8. The van der Waals surface area contributed by atoms with Crippen LogP contribution in [-0.4, -0.2) is 49.2 Å². The van der Waals surface area contributed by atoms with Crippen molar-refractivity contribution >= 4 is 21.7 Å². The largest absolute Gasteiger partial charge is 0.354 e. The van der Waals surface area contributed by atoms with E-state index in [0.29, 0.717) is 0 Å². The highest BCUT2D eigenvalue weighted by atomic mass is 79.9. The quantitative estimate of drug-likeness (QED) is 0.912. The van der Waals surface area contributed by atoms with Crippen LogP contribution in [0.15, 0.2) is 16.6 Å². The van der Waals surface area contributed by atoms with Crippen LogP contribution in [0.25, 0.3) is 0 Å². The summed E-state index contributed by atoms with van der Waals surface area (Å²) < 4.78 is 1.07. The van der Waals surface area contributed by atoms with E-state index < -0.39 is 0 Å². The van der Waals surface area contributed by atoms with Crippen LogP contribution in [0.4, 0.5) is 5.82 Å². The molecule has 1 aromatic heterocycles. The van der Waals surface area contributed by atoms with Crippen molar-refractivity contribution in [3.8, 4) is 0 Å². The van der Waals surface area contributed by atoms with Gasteiger partial charge >= 0.3 is 0 Å². The van der Waals surface area contributed by atoms with Crippen LogP contribution in [0.1, 0.15) is 5.69 Å². The molecule has 1 aliphatic rings. The number of hydrogen-bond donors (Lipinski definition) is 1. The normalized spacial score (nSPS) is 17.5. The lowest BCUT2D eigenvalue weighted by Crippen LogP contribution is -2.48. The van der Waals surface area contributed by atoms with E-state index in [1.807, 2.05) is 6.92 Å². The van der Waals surface area contributed by atoms with Gasteiger partial charge in [0.25, 0.3) is 0 Å². The van der Waals surface area contributed by atoms with Gasteiger partial charge in [0.15, 0.2) is 0 Å². The summed E-state index contributed by atoms with van der Waals surface area (Å²) in [5, 5.41) is 0. The topological polar surface area (TPSA) is 45.4 Å². The summed E-state index contributed by atoms with van der Waals surface area (Å²) in [5.74, 6) is 1.08. The van der Waals surface area contributed by atoms with Crippen LogP contribution in [-0.2, 0) is 0 Å². The van der Waals surface area contributed by atoms with Gasteiger partial charge in [-0.25, -0.2) is 4.98 Å². The van der Waals surface area contributed by atoms with Gasteiger partial charge in [0.1, 0.15) is 5.82 Å². The standard InChI is InChI=1S/C12H19BrN4/c1-10-11(13)2-3-12(15-10)17-8-6-16(5-4-14)7-9-17/h2-3H,4-9,14H2,1H3. The third-order valence-corrected chi connectivity index (χ3v) is 3.99. The molecule has 0 saturated carbocycles. The first-order chi connectivity index (χ1) is 8.20. The first kappa shape index (κ1) is 12.8. The SMILES string of the molecule is Cc1nc(N2CCN(CCN)CC2)ccc1Br. The van der Waals surface area contributed by atoms with Crippen LogP contribution in [0.5, 0.6) is 0 Å². The van der Waals surface area contributed by atoms with E-state index in [0.717, 1.165) is 55.3 Å². The number of rotatable bonds is 3. The van der Waals surface area contributed by atoms with Crippen LogP contribution in [0.3, 0.4) is 0 Å². The highest BCUT2D eigenvalue weighted by molar-refractivity contribution is 9.10. The number of nitrogens with two attached hydrogens (primary N) is 1. The van der Waals surface area contributed by atoms with E-state index in [-0.39, 0.29) is 0 Å². The second-order valence-electron chi connectivity index (χ2n) is 4.35. The summed E-state index contributed by atoms with van der Waals surface area (Å²) in [6.07, 6.45) is 0. The maximum absolute atomic E-state index is 5.57. The van der Waals surface area contributed by atoms with Gasteiger partial charge in [-0.3, -0.25) is 4.90 Å². The predicted molar refractivity (Wildman–Crippen MR) is 74.4 cm³/mol. The molecular weight excluding hydrogens is 280 g/mol. The van der Waals surface area contributed by atoms with E-state index in [9.17, 15) is 0 Å². The highest BCUT2D eigenvalue weighted by Gasteiger charge is 2.17. The molecule has 17 heavy (non-hydrogen) atoms. The second kappa shape index (κ2) is 5.80. The minimum absolute atomic E-state index is 0.746. The molecule has 2 heterocycles. The smallest absolute Gasteiger partial charge is 0.128 e. The molecule has 5 heteroatoms. The second-order valence-corrected chi connectivity index (χ2v) is 5.21. The van der Waals surface area contributed by atoms with Crippen molar-refractivity contribution in [1.29, 1.82) is 0 Å². The van der Waals surface area contributed by atoms with Crippen LogP contribution in [0, 0.1) is 6.92 Å². The number of halogens is 1. The van der Waals surface area contributed by atoms with Crippen molar-refractivity contribution in [1.82, 2.24) is 9.88 Å². The van der Waals surface area contributed by atoms with Crippen molar-refractivity contribution in [2.45, 2.75) is 6.92 Å². The van der Waals surface area contributed by atoms with Crippen molar-refractivity contribution < 1.29 is 0 Å². The van der Waals surface area contributed by atoms with Crippen molar-refractivity contribution in [2.24, 2.45) is 5.73 Å². The van der Waals surface area contributed by atoms with Gasteiger partial charge in [0.2, 0.25) is 0 Å². The Balaban J connectivity index is 1.98. The summed E-state index contributed by atoms with van der Waals surface area (Å²) in [6.45, 7) is 8.00. The fourth-order valence-corrected chi connectivity index (χ4v) is 2.31. The molecule has 0 bridgehead atoms. The molecule has 1 saturated heterocycles. The van der Waals surface area contributed by atoms with Crippen molar-refractivity contribution in [3.63, 3.8) is 0 Å². The molecular formula is C12H19BrN4. The summed E-state index contributed by atoms with van der Waals surface area (Å²) in [4.78, 5) is 9.35. The minimum atomic E-state index is 0.746. The Kier molecular flexibility index (Phi) is 4.36. The van der Waals surface area contributed by atoms with Crippen molar-refractivity contribution in [2.75, 3.05) is 44.2 Å². The Labute approximate surface area is 111 Å². The predicted octanol–water partition coefficient (Wildman–Crippen LogP) is 1.23. The zero-order valence-electron chi connectivity index (χ0n) is 10.2. The minimum Gasteiger partial charge on any atom is -0.354 e. The molecule has 0 atom stereocenters. The summed E-state index contributed by atoms with van der Waals surface area (Å²) in [7, 11) is 0. The van der Waals surface area contributed by atoms with Crippen molar-refractivity contribution in [3.05, 3.63) is 22.3 Å². The number of piperazine rings is 1. The van der Waals surface area contributed by atoms with Gasteiger partial charge in [-0.05, 0) is 35.0 Å². The zero-order chi connectivity index (χ0) is 12.3. The van der Waals surface area contributed by atoms with Gasteiger partial charge in [-0.2, -0.15) is 0 Å². The monoisotopic (exact) mass is 298 g/mol. The molecule has 0 amide bonds. The van der Waals surface area contributed by atoms with Crippen LogP contribution >= 0.6 is 15.9 Å². The number of nitrogens with zero attached hydrogens (tertiary/aromatic N) is 3. The molecule has 94 valence electrons.